The van der Waals surface area contributed by atoms with Gasteiger partial charge in [0.05, 0.1) is 6.10 Å². The Kier molecular flexibility index (Phi) is 5.93. The maximum atomic E-state index is 10.4. The molecular weight excluding hydrogens is 260 g/mol. The maximum Gasteiger partial charge on any atom is 0.0917 e. The van der Waals surface area contributed by atoms with Crippen LogP contribution in [-0.4, -0.2) is 23.1 Å². The minimum Gasteiger partial charge on any atom is -0.387 e. The number of nitrogens with zero attached hydrogens (tertiary/aromatic N) is 1. The van der Waals surface area contributed by atoms with Crippen LogP contribution in [0.15, 0.2) is 54.6 Å². The Balaban J connectivity index is 1.96. The third-order valence-electron chi connectivity index (χ3n) is 3.73. The monoisotopic (exact) mass is 284 g/mol. The van der Waals surface area contributed by atoms with Crippen molar-refractivity contribution in [3.63, 3.8) is 0 Å². The highest BCUT2D eigenvalue weighted by molar-refractivity contribution is 5.24. The fourth-order valence-corrected chi connectivity index (χ4v) is 2.37. The quantitative estimate of drug-likeness (QED) is 0.822. The Morgan fingerprint density at radius 3 is 2.24 bits per heavy atom. The molecule has 1 unspecified atom stereocenters. The van der Waals surface area contributed by atoms with Crippen LogP contribution in [0.1, 0.15) is 29.7 Å². The summed E-state index contributed by atoms with van der Waals surface area (Å²) in [5.41, 5.74) is 8.89. The molecule has 3 N–H and O–H groups in total. The normalized spacial score (nSPS) is 12.6. The second kappa shape index (κ2) is 7.93. The molecule has 3 heteroatoms. The molecule has 0 aromatic heterocycles. The van der Waals surface area contributed by atoms with Gasteiger partial charge < -0.3 is 10.8 Å². The Hall–Kier alpha value is -1.68. The van der Waals surface area contributed by atoms with E-state index in [-0.39, 0.29) is 0 Å². The smallest absolute Gasteiger partial charge is 0.0917 e. The lowest BCUT2D eigenvalue weighted by molar-refractivity contribution is 0.112. The molecule has 0 fully saturated rings. The Morgan fingerprint density at radius 1 is 1.00 bits per heavy atom. The van der Waals surface area contributed by atoms with Gasteiger partial charge in [-0.1, -0.05) is 61.5 Å². The predicted molar refractivity (Wildman–Crippen MR) is 86.7 cm³/mol. The number of likely N-dealkylation sites (N-methyl/N-ethyl adjacent to an activating group) is 1. The third kappa shape index (κ3) is 4.67. The average Bonchev–Trinajstić information content (AvgIpc) is 2.55. The largest absolute Gasteiger partial charge is 0.387 e. The van der Waals surface area contributed by atoms with Crippen LogP contribution in [0.3, 0.4) is 0 Å². The second-order valence-electron chi connectivity index (χ2n) is 5.27. The van der Waals surface area contributed by atoms with E-state index < -0.39 is 6.10 Å². The van der Waals surface area contributed by atoms with Gasteiger partial charge in [-0.05, 0) is 23.2 Å². The highest BCUT2D eigenvalue weighted by Crippen LogP contribution is 2.16. The zero-order valence-electron chi connectivity index (χ0n) is 12.6. The summed E-state index contributed by atoms with van der Waals surface area (Å²) in [5.74, 6) is 0. The molecule has 0 amide bonds. The molecule has 3 nitrogen and oxygen atoms in total. The zero-order valence-corrected chi connectivity index (χ0v) is 12.6. The summed E-state index contributed by atoms with van der Waals surface area (Å²) < 4.78 is 0. The van der Waals surface area contributed by atoms with Gasteiger partial charge in [-0.3, -0.25) is 4.90 Å². The molecule has 2 aromatic carbocycles. The van der Waals surface area contributed by atoms with Crippen LogP contribution in [0.25, 0.3) is 0 Å². The highest BCUT2D eigenvalue weighted by Gasteiger charge is 2.12. The van der Waals surface area contributed by atoms with Crippen LogP contribution < -0.4 is 5.73 Å². The Morgan fingerprint density at radius 2 is 1.67 bits per heavy atom. The predicted octanol–water partition coefficient (Wildman–Crippen LogP) is 2.70. The van der Waals surface area contributed by atoms with Crippen LogP contribution >= 0.6 is 0 Å². The first kappa shape index (κ1) is 15.7. The second-order valence-corrected chi connectivity index (χ2v) is 5.27. The third-order valence-corrected chi connectivity index (χ3v) is 3.73. The molecule has 112 valence electrons. The van der Waals surface area contributed by atoms with Crippen molar-refractivity contribution in [2.75, 3.05) is 13.1 Å². The van der Waals surface area contributed by atoms with E-state index in [1.807, 2.05) is 42.5 Å². The van der Waals surface area contributed by atoms with E-state index in [1.54, 1.807) is 0 Å². The molecule has 0 radical (unpaired) electrons. The number of hydrogen-bond acceptors (Lipinski definition) is 3. The molecule has 2 aromatic rings. The first-order chi connectivity index (χ1) is 10.2. The average molecular weight is 284 g/mol. The molecule has 0 spiro atoms. The van der Waals surface area contributed by atoms with Crippen LogP contribution in [-0.2, 0) is 13.1 Å². The lowest BCUT2D eigenvalue weighted by Gasteiger charge is -2.24. The van der Waals surface area contributed by atoms with Crippen LogP contribution in [0.2, 0.25) is 0 Å². The van der Waals surface area contributed by atoms with Crippen molar-refractivity contribution in [2.24, 2.45) is 5.73 Å². The molecule has 0 bridgehead atoms. The summed E-state index contributed by atoms with van der Waals surface area (Å²) in [6.07, 6.45) is -0.472. The van der Waals surface area contributed by atoms with E-state index in [0.29, 0.717) is 13.1 Å². The summed E-state index contributed by atoms with van der Waals surface area (Å²) in [4.78, 5) is 2.25. The fourth-order valence-electron chi connectivity index (χ4n) is 2.37. The summed E-state index contributed by atoms with van der Waals surface area (Å²) >= 11 is 0. The molecule has 0 aliphatic carbocycles. The summed E-state index contributed by atoms with van der Waals surface area (Å²) in [6, 6.07) is 18.2. The molecule has 2 rings (SSSR count). The van der Waals surface area contributed by atoms with Crippen molar-refractivity contribution < 1.29 is 5.11 Å². The van der Waals surface area contributed by atoms with E-state index in [9.17, 15) is 5.11 Å². The molecule has 0 aliphatic heterocycles. The van der Waals surface area contributed by atoms with Gasteiger partial charge >= 0.3 is 0 Å². The SMILES string of the molecule is CCN(Cc1ccccc1)CC(O)c1ccc(CN)cc1. The van der Waals surface area contributed by atoms with E-state index in [4.69, 9.17) is 5.73 Å². The van der Waals surface area contributed by atoms with Gasteiger partial charge in [0.25, 0.3) is 0 Å². The number of hydrogen-bond donors (Lipinski definition) is 2. The van der Waals surface area contributed by atoms with E-state index >= 15 is 0 Å². The lowest BCUT2D eigenvalue weighted by atomic mass is 10.1. The van der Waals surface area contributed by atoms with Gasteiger partial charge in [-0.15, -0.1) is 0 Å². The van der Waals surface area contributed by atoms with E-state index in [0.717, 1.165) is 24.2 Å². The topological polar surface area (TPSA) is 49.5 Å². The van der Waals surface area contributed by atoms with Crippen LogP contribution in [0.4, 0.5) is 0 Å². The van der Waals surface area contributed by atoms with Gasteiger partial charge in [0, 0.05) is 19.6 Å². The summed E-state index contributed by atoms with van der Waals surface area (Å²) in [7, 11) is 0. The maximum absolute atomic E-state index is 10.4. The zero-order chi connectivity index (χ0) is 15.1. The fraction of sp³-hybridized carbons (Fsp3) is 0.333. The van der Waals surface area contributed by atoms with Crippen LogP contribution in [0, 0.1) is 0 Å². The molecule has 0 aliphatic rings. The van der Waals surface area contributed by atoms with Crippen molar-refractivity contribution in [1.82, 2.24) is 4.90 Å². The minimum absolute atomic E-state index is 0.472. The molecule has 0 saturated carbocycles. The Bertz CT molecular complexity index is 525. The van der Waals surface area contributed by atoms with Crippen molar-refractivity contribution in [1.29, 1.82) is 0 Å². The number of nitrogens with two attached hydrogens (primary N) is 1. The summed E-state index contributed by atoms with van der Waals surface area (Å²) in [5, 5.41) is 10.4. The lowest BCUT2D eigenvalue weighted by Crippen LogP contribution is -2.28. The van der Waals surface area contributed by atoms with Gasteiger partial charge in [-0.25, -0.2) is 0 Å². The number of aliphatic hydroxyl groups excluding tert-OH is 1. The molecule has 1 atom stereocenters. The van der Waals surface area contributed by atoms with Crippen molar-refractivity contribution in [3.8, 4) is 0 Å². The summed E-state index contributed by atoms with van der Waals surface area (Å²) in [6.45, 7) is 5.05. The van der Waals surface area contributed by atoms with E-state index in [2.05, 4.69) is 24.0 Å². The first-order valence-corrected chi connectivity index (χ1v) is 7.46. The molecule has 0 saturated heterocycles. The number of rotatable bonds is 7. The molecular formula is C18H24N2O. The van der Waals surface area contributed by atoms with Crippen molar-refractivity contribution in [3.05, 3.63) is 71.3 Å². The van der Waals surface area contributed by atoms with Gasteiger partial charge in [0.15, 0.2) is 0 Å². The van der Waals surface area contributed by atoms with Gasteiger partial charge in [0.2, 0.25) is 0 Å². The van der Waals surface area contributed by atoms with Gasteiger partial charge in [0.1, 0.15) is 0 Å². The molecule has 0 heterocycles. The minimum atomic E-state index is -0.472. The van der Waals surface area contributed by atoms with Crippen molar-refractivity contribution in [2.45, 2.75) is 26.1 Å². The van der Waals surface area contributed by atoms with Crippen LogP contribution in [0.5, 0.6) is 0 Å². The first-order valence-electron chi connectivity index (χ1n) is 7.46. The van der Waals surface area contributed by atoms with E-state index in [1.165, 1.54) is 5.56 Å². The Labute approximate surface area is 127 Å². The number of benzene rings is 2. The number of aliphatic hydroxyl groups is 1. The highest BCUT2D eigenvalue weighted by atomic mass is 16.3. The standard InChI is InChI=1S/C18H24N2O/c1-2-20(13-16-6-4-3-5-7-16)14-18(21)17-10-8-15(12-19)9-11-17/h3-11,18,21H,2,12-14,19H2,1H3. The molecule has 21 heavy (non-hydrogen) atoms. The van der Waals surface area contributed by atoms with Crippen molar-refractivity contribution >= 4 is 0 Å². The van der Waals surface area contributed by atoms with Gasteiger partial charge in [-0.2, -0.15) is 0 Å².